The third-order valence-electron chi connectivity index (χ3n) is 4.47. The number of halogens is 1. The zero-order valence-electron chi connectivity index (χ0n) is 14.6. The summed E-state index contributed by atoms with van der Waals surface area (Å²) in [6.45, 7) is 4.71. The minimum absolute atomic E-state index is 0.0676. The van der Waals surface area contributed by atoms with Crippen LogP contribution in [0.25, 0.3) is 10.4 Å². The number of amides is 1. The molecule has 26 heavy (non-hydrogen) atoms. The SMILES string of the molecule is CCN(C(=O)c1cc2c(s1)-c1ccc(Cl)cc1SC2)c1cccc(C)c1. The van der Waals surface area contributed by atoms with Crippen LogP contribution in [0, 0.1) is 6.92 Å². The molecule has 4 rings (SSSR count). The Balaban J connectivity index is 1.71. The topological polar surface area (TPSA) is 20.3 Å². The van der Waals surface area contributed by atoms with Gasteiger partial charge in [0.15, 0.2) is 0 Å². The molecule has 132 valence electrons. The smallest absolute Gasteiger partial charge is 0.268 e. The molecule has 1 aliphatic heterocycles. The molecule has 0 saturated heterocycles. The number of rotatable bonds is 3. The standard InChI is InChI=1S/C21H18ClNOS2/c1-3-23(16-6-4-5-13(2)9-16)21(24)19-10-14-12-25-18-11-15(22)7-8-17(18)20(14)26-19/h4-11H,3,12H2,1-2H3. The zero-order chi connectivity index (χ0) is 18.3. The molecule has 1 aliphatic rings. The van der Waals surface area contributed by atoms with Crippen molar-refractivity contribution in [3.8, 4) is 10.4 Å². The van der Waals surface area contributed by atoms with E-state index in [-0.39, 0.29) is 5.91 Å². The number of nitrogens with zero attached hydrogens (tertiary/aromatic N) is 1. The third kappa shape index (κ3) is 3.18. The maximum atomic E-state index is 13.2. The lowest BCUT2D eigenvalue weighted by Crippen LogP contribution is -2.29. The van der Waals surface area contributed by atoms with Crippen molar-refractivity contribution < 1.29 is 4.79 Å². The lowest BCUT2D eigenvalue weighted by Gasteiger charge is -2.20. The van der Waals surface area contributed by atoms with Crippen molar-refractivity contribution >= 4 is 46.3 Å². The van der Waals surface area contributed by atoms with Crippen LogP contribution in [0.2, 0.25) is 5.02 Å². The van der Waals surface area contributed by atoms with Crippen LogP contribution >= 0.6 is 34.7 Å². The van der Waals surface area contributed by atoms with E-state index < -0.39 is 0 Å². The molecule has 5 heteroatoms. The molecule has 0 N–H and O–H groups in total. The first kappa shape index (κ1) is 17.7. The van der Waals surface area contributed by atoms with E-state index in [2.05, 4.69) is 18.2 Å². The second-order valence-electron chi connectivity index (χ2n) is 6.28. The molecule has 0 aliphatic carbocycles. The van der Waals surface area contributed by atoms with Gasteiger partial charge in [0.1, 0.15) is 0 Å². The Kier molecular flexibility index (Phi) is 4.82. The third-order valence-corrected chi connectivity index (χ3v) is 7.00. The normalized spacial score (nSPS) is 12.4. The Morgan fingerprint density at radius 1 is 1.19 bits per heavy atom. The van der Waals surface area contributed by atoms with Gasteiger partial charge >= 0.3 is 0 Å². The maximum absolute atomic E-state index is 13.2. The Morgan fingerprint density at radius 3 is 2.81 bits per heavy atom. The van der Waals surface area contributed by atoms with Crippen LogP contribution in [0.3, 0.4) is 0 Å². The molecule has 2 nitrogen and oxygen atoms in total. The van der Waals surface area contributed by atoms with Gasteiger partial charge in [-0.25, -0.2) is 0 Å². The van der Waals surface area contributed by atoms with Gasteiger partial charge in [0.2, 0.25) is 0 Å². The van der Waals surface area contributed by atoms with Crippen LogP contribution in [0.4, 0.5) is 5.69 Å². The number of benzene rings is 2. The fourth-order valence-electron chi connectivity index (χ4n) is 3.20. The van der Waals surface area contributed by atoms with Gasteiger partial charge in [-0.1, -0.05) is 29.8 Å². The lowest BCUT2D eigenvalue weighted by atomic mass is 10.1. The van der Waals surface area contributed by atoms with Gasteiger partial charge in [-0.05, 0) is 55.3 Å². The van der Waals surface area contributed by atoms with E-state index in [1.807, 2.05) is 49.1 Å². The molecule has 1 amide bonds. The second-order valence-corrected chi connectivity index (χ2v) is 8.79. The highest BCUT2D eigenvalue weighted by molar-refractivity contribution is 7.98. The van der Waals surface area contributed by atoms with Gasteiger partial charge < -0.3 is 4.90 Å². The van der Waals surface area contributed by atoms with Crippen molar-refractivity contribution in [3.63, 3.8) is 0 Å². The van der Waals surface area contributed by atoms with Gasteiger partial charge in [0.25, 0.3) is 5.91 Å². The summed E-state index contributed by atoms with van der Waals surface area (Å²) in [5.74, 6) is 0.946. The summed E-state index contributed by atoms with van der Waals surface area (Å²) < 4.78 is 0. The van der Waals surface area contributed by atoms with E-state index in [0.717, 1.165) is 26.9 Å². The van der Waals surface area contributed by atoms with Gasteiger partial charge in [-0.15, -0.1) is 23.1 Å². The van der Waals surface area contributed by atoms with Crippen LogP contribution in [0.15, 0.2) is 53.4 Å². The summed E-state index contributed by atoms with van der Waals surface area (Å²) in [4.78, 5) is 18.2. The second kappa shape index (κ2) is 7.10. The summed E-state index contributed by atoms with van der Waals surface area (Å²) in [7, 11) is 0. The molecular weight excluding hydrogens is 382 g/mol. The Labute approximate surface area is 166 Å². The molecule has 0 fully saturated rings. The largest absolute Gasteiger partial charge is 0.308 e. The highest BCUT2D eigenvalue weighted by Crippen LogP contribution is 2.46. The number of aryl methyl sites for hydroxylation is 1. The van der Waals surface area contributed by atoms with Gasteiger partial charge in [0, 0.05) is 38.3 Å². The van der Waals surface area contributed by atoms with Crippen LogP contribution in [0.5, 0.6) is 0 Å². The zero-order valence-corrected chi connectivity index (χ0v) is 17.0. The Bertz CT molecular complexity index is 995. The van der Waals surface area contributed by atoms with Crippen LogP contribution in [-0.4, -0.2) is 12.5 Å². The number of carbonyl (C=O) groups excluding carboxylic acids is 1. The molecule has 0 spiro atoms. The Morgan fingerprint density at radius 2 is 2.04 bits per heavy atom. The van der Waals surface area contributed by atoms with E-state index in [4.69, 9.17) is 11.6 Å². The van der Waals surface area contributed by atoms with Crippen LogP contribution in [-0.2, 0) is 5.75 Å². The Hall–Kier alpha value is -1.75. The summed E-state index contributed by atoms with van der Waals surface area (Å²) in [6, 6.07) is 16.1. The minimum atomic E-state index is 0.0676. The molecule has 0 atom stereocenters. The van der Waals surface area contributed by atoms with Crippen molar-refractivity contribution in [3.05, 3.63) is 69.6 Å². The molecular formula is C21H18ClNOS2. The highest BCUT2D eigenvalue weighted by Gasteiger charge is 2.25. The average molecular weight is 400 g/mol. The minimum Gasteiger partial charge on any atom is -0.308 e. The van der Waals surface area contributed by atoms with E-state index >= 15 is 0 Å². The van der Waals surface area contributed by atoms with Gasteiger partial charge in [-0.3, -0.25) is 4.79 Å². The van der Waals surface area contributed by atoms with Gasteiger partial charge in [0.05, 0.1) is 4.88 Å². The van der Waals surface area contributed by atoms with Crippen molar-refractivity contribution in [2.45, 2.75) is 24.5 Å². The van der Waals surface area contributed by atoms with Gasteiger partial charge in [-0.2, -0.15) is 0 Å². The highest BCUT2D eigenvalue weighted by atomic mass is 35.5. The quantitative estimate of drug-likeness (QED) is 0.491. The van der Waals surface area contributed by atoms with Crippen molar-refractivity contribution in [1.82, 2.24) is 0 Å². The lowest BCUT2D eigenvalue weighted by molar-refractivity contribution is 0.0992. The van der Waals surface area contributed by atoms with Crippen LogP contribution < -0.4 is 4.90 Å². The first-order chi connectivity index (χ1) is 12.6. The van der Waals surface area contributed by atoms with Crippen LogP contribution in [0.1, 0.15) is 27.7 Å². The summed E-state index contributed by atoms with van der Waals surface area (Å²) >= 11 is 9.50. The average Bonchev–Trinajstić information content (AvgIpc) is 3.06. The van der Waals surface area contributed by atoms with Crippen molar-refractivity contribution in [2.75, 3.05) is 11.4 Å². The fourth-order valence-corrected chi connectivity index (χ4v) is 5.84. The van der Waals surface area contributed by atoms with Crippen molar-refractivity contribution in [2.24, 2.45) is 0 Å². The molecule has 3 aromatic rings. The number of thiophene rings is 1. The van der Waals surface area contributed by atoms with E-state index in [9.17, 15) is 4.79 Å². The van der Waals surface area contributed by atoms with E-state index in [1.54, 1.807) is 23.1 Å². The number of carbonyl (C=O) groups is 1. The monoisotopic (exact) mass is 399 g/mol. The molecule has 2 heterocycles. The summed E-state index contributed by atoms with van der Waals surface area (Å²) in [6.07, 6.45) is 0. The predicted octanol–water partition coefficient (Wildman–Crippen LogP) is 6.65. The first-order valence-electron chi connectivity index (χ1n) is 8.51. The number of hydrogen-bond acceptors (Lipinski definition) is 3. The summed E-state index contributed by atoms with van der Waals surface area (Å²) in [5, 5.41) is 0.754. The molecule has 0 radical (unpaired) electrons. The number of fused-ring (bicyclic) bond motifs is 3. The fraction of sp³-hybridized carbons (Fsp3) is 0.190. The van der Waals surface area contributed by atoms with Crippen molar-refractivity contribution in [1.29, 1.82) is 0 Å². The molecule has 2 aromatic carbocycles. The number of anilines is 1. The van der Waals surface area contributed by atoms with E-state index in [1.165, 1.54) is 20.9 Å². The summed E-state index contributed by atoms with van der Waals surface area (Å²) in [5.41, 5.74) is 4.52. The number of hydrogen-bond donors (Lipinski definition) is 0. The first-order valence-corrected chi connectivity index (χ1v) is 10.7. The number of thioether (sulfide) groups is 1. The predicted molar refractivity (Wildman–Crippen MR) is 113 cm³/mol. The van der Waals surface area contributed by atoms with E-state index in [0.29, 0.717) is 6.54 Å². The molecule has 0 saturated carbocycles. The molecule has 0 unspecified atom stereocenters. The molecule has 0 bridgehead atoms. The maximum Gasteiger partial charge on any atom is 0.268 e. The molecule has 1 aromatic heterocycles.